The molecule has 0 radical (unpaired) electrons. The van der Waals surface area contributed by atoms with Crippen LogP contribution < -0.4 is 5.32 Å². The van der Waals surface area contributed by atoms with Crippen molar-refractivity contribution in [1.82, 2.24) is 10.2 Å². The molecule has 15 nitrogen and oxygen atoms in total. The fourth-order valence-corrected chi connectivity index (χ4v) is 6.23. The molecule has 31 heavy (non-hydrogen) atoms. The van der Waals surface area contributed by atoms with Gasteiger partial charge in [-0.05, 0) is 12.5 Å². The SMILES string of the molecule is CC1=CN([C@H]2O[C@@H](COP(=O)(O)OP(=O)(O)OP(=O)(O)O)[C@@H](O)C2C#N)C(S)NC1=S. The molecule has 0 saturated carbocycles. The minimum Gasteiger partial charge on any atom is -0.389 e. The molecule has 0 aromatic heterocycles. The van der Waals surface area contributed by atoms with Gasteiger partial charge in [0.05, 0.1) is 12.7 Å². The van der Waals surface area contributed by atoms with E-state index in [1.54, 1.807) is 13.1 Å². The van der Waals surface area contributed by atoms with Crippen molar-refractivity contribution in [3.05, 3.63) is 11.8 Å². The number of thiol groups is 1. The maximum atomic E-state index is 11.8. The first-order valence-corrected chi connectivity index (χ1v) is 13.5. The molecule has 0 aliphatic carbocycles. The van der Waals surface area contributed by atoms with Gasteiger partial charge in [0.1, 0.15) is 28.6 Å². The molecule has 2 heterocycles. The Bertz CT molecular complexity index is 936. The summed E-state index contributed by atoms with van der Waals surface area (Å²) in [7, 11) is -16.6. The van der Waals surface area contributed by atoms with Gasteiger partial charge >= 0.3 is 23.5 Å². The van der Waals surface area contributed by atoms with Crippen molar-refractivity contribution in [2.75, 3.05) is 6.61 Å². The van der Waals surface area contributed by atoms with Gasteiger partial charge in [-0.2, -0.15) is 13.9 Å². The Hall–Kier alpha value is -0.400. The number of ether oxygens (including phenoxy) is 1. The molecule has 0 spiro atoms. The van der Waals surface area contributed by atoms with Crippen LogP contribution in [0.15, 0.2) is 11.8 Å². The van der Waals surface area contributed by atoms with Crippen molar-refractivity contribution in [1.29, 1.82) is 5.26 Å². The average molecular weight is 541 g/mol. The van der Waals surface area contributed by atoms with Crippen LogP contribution in [0.3, 0.4) is 0 Å². The van der Waals surface area contributed by atoms with E-state index in [2.05, 4.69) is 31.1 Å². The number of hydrogen-bond donors (Lipinski definition) is 7. The average Bonchev–Trinajstić information content (AvgIpc) is 2.88. The van der Waals surface area contributed by atoms with Crippen molar-refractivity contribution in [3.63, 3.8) is 0 Å². The number of phosphoric ester groups is 1. The number of nitrogens with one attached hydrogen (secondary N) is 1. The Morgan fingerprint density at radius 3 is 2.45 bits per heavy atom. The normalized spacial score (nSPS) is 33.1. The third-order valence-corrected chi connectivity index (χ3v) is 8.51. The molecule has 2 aliphatic rings. The summed E-state index contributed by atoms with van der Waals surface area (Å²) in [5.41, 5.74) is -0.104. The molecule has 4 unspecified atom stereocenters. The summed E-state index contributed by atoms with van der Waals surface area (Å²) in [6.45, 7) is 0.779. The molecule has 0 aromatic rings. The van der Waals surface area contributed by atoms with Crippen molar-refractivity contribution in [2.45, 2.75) is 30.9 Å². The molecular weight excluding hydrogens is 523 g/mol. The molecule has 2 aliphatic heterocycles. The van der Waals surface area contributed by atoms with E-state index in [-0.39, 0.29) is 0 Å². The zero-order valence-electron chi connectivity index (χ0n) is 15.4. The van der Waals surface area contributed by atoms with E-state index in [4.69, 9.17) is 31.6 Å². The molecule has 6 N–H and O–H groups in total. The highest BCUT2D eigenvalue weighted by atomic mass is 32.1. The van der Waals surface area contributed by atoms with Gasteiger partial charge < -0.3 is 39.6 Å². The molecule has 0 amide bonds. The van der Waals surface area contributed by atoms with E-state index in [0.717, 1.165) is 0 Å². The zero-order chi connectivity index (χ0) is 23.8. The van der Waals surface area contributed by atoms with Gasteiger partial charge in [0.15, 0.2) is 6.23 Å². The predicted molar refractivity (Wildman–Crippen MR) is 108 cm³/mol. The van der Waals surface area contributed by atoms with E-state index >= 15 is 0 Å². The summed E-state index contributed by atoms with van der Waals surface area (Å²) < 4.78 is 51.0. The Labute approximate surface area is 186 Å². The second-order valence-corrected chi connectivity index (χ2v) is 11.5. The van der Waals surface area contributed by atoms with E-state index in [1.165, 1.54) is 4.90 Å². The molecule has 176 valence electrons. The van der Waals surface area contributed by atoms with Crippen molar-refractivity contribution < 1.29 is 56.3 Å². The van der Waals surface area contributed by atoms with Crippen LogP contribution in [0.2, 0.25) is 0 Å². The predicted octanol–water partition coefficient (Wildman–Crippen LogP) is -0.0949. The number of hydrogen-bond acceptors (Lipinski definition) is 12. The Kier molecular flexibility index (Phi) is 8.52. The van der Waals surface area contributed by atoms with Crippen LogP contribution in [0.25, 0.3) is 0 Å². The van der Waals surface area contributed by atoms with Crippen molar-refractivity contribution in [2.24, 2.45) is 5.92 Å². The minimum atomic E-state index is -5.69. The maximum Gasteiger partial charge on any atom is 0.490 e. The minimum absolute atomic E-state index is 0.410. The first-order valence-electron chi connectivity index (χ1n) is 8.01. The van der Waals surface area contributed by atoms with E-state index < -0.39 is 59.9 Å². The van der Waals surface area contributed by atoms with Gasteiger partial charge in [-0.3, -0.25) is 4.52 Å². The molecule has 2 rings (SSSR count). The topological polar surface area (TPSA) is 228 Å². The summed E-state index contributed by atoms with van der Waals surface area (Å²) in [5, 5.41) is 22.6. The first kappa shape index (κ1) is 26.8. The molecule has 20 heteroatoms. The summed E-state index contributed by atoms with van der Waals surface area (Å²) in [4.78, 5) is 37.5. The zero-order valence-corrected chi connectivity index (χ0v) is 19.8. The highest BCUT2D eigenvalue weighted by Gasteiger charge is 2.49. The molecular formula is C11H18N3O12P3S2. The van der Waals surface area contributed by atoms with Crippen LogP contribution in [0, 0.1) is 17.2 Å². The number of nitrogens with zero attached hydrogens (tertiary/aromatic N) is 2. The van der Waals surface area contributed by atoms with Crippen LogP contribution in [-0.2, 0) is 31.6 Å². The Balaban J connectivity index is 2.08. The van der Waals surface area contributed by atoms with Crippen molar-refractivity contribution >= 4 is 53.3 Å². The lowest BCUT2D eigenvalue weighted by atomic mass is 10.0. The Morgan fingerprint density at radius 2 is 1.90 bits per heavy atom. The smallest absolute Gasteiger partial charge is 0.389 e. The van der Waals surface area contributed by atoms with Crippen molar-refractivity contribution in [3.8, 4) is 6.07 Å². The summed E-state index contributed by atoms with van der Waals surface area (Å²) in [6.07, 6.45) is -2.43. The van der Waals surface area contributed by atoms with E-state index in [9.17, 15) is 29.0 Å². The molecule has 7 atom stereocenters. The number of rotatable bonds is 8. The summed E-state index contributed by atoms with van der Waals surface area (Å²) >= 11 is 9.38. The molecule has 1 fully saturated rings. The van der Waals surface area contributed by atoms with Crippen LogP contribution in [0.4, 0.5) is 0 Å². The summed E-state index contributed by atoms with van der Waals surface area (Å²) in [6, 6.07) is 1.85. The van der Waals surface area contributed by atoms with Crippen LogP contribution >= 0.6 is 48.3 Å². The number of thiocarbonyl (C=S) groups is 1. The largest absolute Gasteiger partial charge is 0.490 e. The fourth-order valence-electron chi connectivity index (χ4n) is 2.62. The number of aliphatic hydroxyl groups is 1. The molecule has 1 saturated heterocycles. The third kappa shape index (κ3) is 7.29. The highest BCUT2D eigenvalue weighted by molar-refractivity contribution is 7.82. The maximum absolute atomic E-state index is 11.8. The van der Waals surface area contributed by atoms with Gasteiger partial charge in [-0.1, -0.05) is 12.2 Å². The second-order valence-electron chi connectivity index (χ2n) is 6.20. The van der Waals surface area contributed by atoms with E-state index in [0.29, 0.717) is 10.6 Å². The lowest BCUT2D eigenvalue weighted by Gasteiger charge is -2.38. The van der Waals surface area contributed by atoms with Gasteiger partial charge in [0, 0.05) is 6.20 Å². The standard InChI is InChI=1S/C11H18N3O12P3S2/c1-5-3-14(11(31)13-9(5)30)10-6(2-12)8(15)7(24-10)4-23-28(19,20)26-29(21,22)25-27(16,17)18/h3,6-8,10-11,15,31H,4H2,1H3,(H,13,30)(H,19,20)(H,21,22)(H2,16,17,18)/t6?,7-,8-,10-,11?/m0/s1. The van der Waals surface area contributed by atoms with E-state index in [1.807, 2.05) is 6.07 Å². The number of aliphatic hydroxyl groups excluding tert-OH is 1. The van der Waals surface area contributed by atoms with Gasteiger partial charge in [-0.15, -0.1) is 12.6 Å². The van der Waals surface area contributed by atoms with Crippen LogP contribution in [0.5, 0.6) is 0 Å². The second kappa shape index (κ2) is 9.84. The lowest BCUT2D eigenvalue weighted by molar-refractivity contribution is -0.0702. The number of nitriles is 1. The van der Waals surface area contributed by atoms with Gasteiger partial charge in [-0.25, -0.2) is 13.7 Å². The van der Waals surface area contributed by atoms with Gasteiger partial charge in [0.2, 0.25) is 0 Å². The lowest BCUT2D eigenvalue weighted by Crippen LogP contribution is -2.52. The van der Waals surface area contributed by atoms with Crippen LogP contribution in [-0.4, -0.2) is 65.1 Å². The Morgan fingerprint density at radius 1 is 1.29 bits per heavy atom. The monoisotopic (exact) mass is 541 g/mol. The number of phosphoric acid groups is 3. The van der Waals surface area contributed by atoms with Crippen LogP contribution in [0.1, 0.15) is 6.92 Å². The van der Waals surface area contributed by atoms with Gasteiger partial charge in [0.25, 0.3) is 0 Å². The molecule has 0 aromatic carbocycles. The summed E-state index contributed by atoms with van der Waals surface area (Å²) in [5.74, 6) is -1.17. The fraction of sp³-hybridized carbons (Fsp3) is 0.636. The highest BCUT2D eigenvalue weighted by Crippen LogP contribution is 2.66. The first-order chi connectivity index (χ1) is 14.1. The molecule has 0 bridgehead atoms. The third-order valence-electron chi connectivity index (χ3n) is 3.87. The quantitative estimate of drug-likeness (QED) is 0.121.